The van der Waals surface area contributed by atoms with Gasteiger partial charge in [-0.1, -0.05) is 20.8 Å². The molecule has 0 aliphatic rings. The van der Waals surface area contributed by atoms with Crippen molar-refractivity contribution in [2.24, 2.45) is 5.41 Å². The highest BCUT2D eigenvalue weighted by Gasteiger charge is 2.10. The Kier molecular flexibility index (Phi) is 5.15. The van der Waals surface area contributed by atoms with Crippen molar-refractivity contribution in [3.05, 3.63) is 16.3 Å². The Bertz CT molecular complexity index is 366. The lowest BCUT2D eigenvalue weighted by Gasteiger charge is -2.18. The second-order valence-electron chi connectivity index (χ2n) is 5.43. The average molecular weight is 254 g/mol. The Labute approximate surface area is 108 Å². The van der Waals surface area contributed by atoms with Crippen molar-refractivity contribution in [2.45, 2.75) is 40.7 Å². The Hall–Kier alpha value is -0.870. The smallest absolute Gasteiger partial charge is 0.221 e. The average Bonchev–Trinajstić information content (AvgIpc) is 2.58. The molecule has 1 aromatic rings. The third-order valence-electron chi connectivity index (χ3n) is 2.39. The fourth-order valence-corrected chi connectivity index (χ4v) is 2.24. The van der Waals surface area contributed by atoms with E-state index in [0.717, 1.165) is 25.2 Å². The van der Waals surface area contributed by atoms with Gasteiger partial charge in [0.25, 0.3) is 0 Å². The van der Waals surface area contributed by atoms with Gasteiger partial charge in [-0.25, -0.2) is 0 Å². The van der Waals surface area contributed by atoms with Crippen molar-refractivity contribution in [1.82, 2.24) is 5.32 Å². The monoisotopic (exact) mass is 254 g/mol. The van der Waals surface area contributed by atoms with Crippen LogP contribution in [0.3, 0.4) is 0 Å². The Morgan fingerprint density at radius 2 is 2.12 bits per heavy atom. The zero-order valence-electron chi connectivity index (χ0n) is 11.1. The van der Waals surface area contributed by atoms with Crippen molar-refractivity contribution in [1.29, 1.82) is 0 Å². The molecule has 0 spiro atoms. The van der Waals surface area contributed by atoms with E-state index in [0.29, 0.717) is 5.41 Å². The second-order valence-corrected chi connectivity index (χ2v) is 6.43. The summed E-state index contributed by atoms with van der Waals surface area (Å²) in [5, 5.41) is 8.27. The number of hydrogen-bond acceptors (Lipinski definition) is 3. The van der Waals surface area contributed by atoms with Crippen LogP contribution in [0.25, 0.3) is 0 Å². The van der Waals surface area contributed by atoms with Gasteiger partial charge in [-0.05, 0) is 29.8 Å². The molecule has 0 bridgehead atoms. The third kappa shape index (κ3) is 5.84. The van der Waals surface area contributed by atoms with Crippen LogP contribution in [0.4, 0.5) is 5.69 Å². The highest BCUT2D eigenvalue weighted by molar-refractivity contribution is 7.10. The standard InChI is InChI=1S/C13H22N2OS/c1-10(16)15-11-5-8-17-12(11)9-14-7-6-13(2,3)4/h5,8,14H,6-7,9H2,1-4H3,(H,15,16). The van der Waals surface area contributed by atoms with Gasteiger partial charge >= 0.3 is 0 Å². The normalized spacial score (nSPS) is 11.5. The fraction of sp³-hybridized carbons (Fsp3) is 0.615. The van der Waals surface area contributed by atoms with E-state index in [1.165, 1.54) is 11.8 Å². The molecule has 2 N–H and O–H groups in total. The Morgan fingerprint density at radius 1 is 1.41 bits per heavy atom. The molecule has 3 nitrogen and oxygen atoms in total. The molecule has 1 heterocycles. The molecule has 0 fully saturated rings. The lowest BCUT2D eigenvalue weighted by Crippen LogP contribution is -2.20. The van der Waals surface area contributed by atoms with Gasteiger partial charge in [0, 0.05) is 18.3 Å². The first-order valence-corrected chi connectivity index (χ1v) is 6.81. The summed E-state index contributed by atoms with van der Waals surface area (Å²) < 4.78 is 0. The molecule has 0 atom stereocenters. The SMILES string of the molecule is CC(=O)Nc1ccsc1CNCCC(C)(C)C. The molecule has 17 heavy (non-hydrogen) atoms. The van der Waals surface area contributed by atoms with Crippen LogP contribution in [0.2, 0.25) is 0 Å². The summed E-state index contributed by atoms with van der Waals surface area (Å²) in [5.74, 6) is -0.0145. The minimum absolute atomic E-state index is 0.0145. The Morgan fingerprint density at radius 3 is 2.71 bits per heavy atom. The summed E-state index contributed by atoms with van der Waals surface area (Å²) >= 11 is 1.67. The number of anilines is 1. The van der Waals surface area contributed by atoms with Crippen molar-refractivity contribution in [3.63, 3.8) is 0 Å². The fourth-order valence-electron chi connectivity index (χ4n) is 1.44. The van der Waals surface area contributed by atoms with E-state index in [1.807, 2.05) is 11.4 Å². The quantitative estimate of drug-likeness (QED) is 0.792. The summed E-state index contributed by atoms with van der Waals surface area (Å²) in [6, 6.07) is 1.95. The first-order chi connectivity index (χ1) is 7.88. The van der Waals surface area contributed by atoms with E-state index < -0.39 is 0 Å². The molecular weight excluding hydrogens is 232 g/mol. The van der Waals surface area contributed by atoms with Crippen molar-refractivity contribution < 1.29 is 4.79 Å². The number of amides is 1. The molecule has 1 amide bonds. The molecule has 1 rings (SSSR count). The largest absolute Gasteiger partial charge is 0.325 e. The van der Waals surface area contributed by atoms with E-state index in [9.17, 15) is 4.79 Å². The van der Waals surface area contributed by atoms with Crippen LogP contribution in [-0.4, -0.2) is 12.5 Å². The molecule has 0 aliphatic heterocycles. The number of thiophene rings is 1. The zero-order chi connectivity index (χ0) is 12.9. The molecule has 4 heteroatoms. The van der Waals surface area contributed by atoms with Gasteiger partial charge in [-0.15, -0.1) is 11.3 Å². The van der Waals surface area contributed by atoms with Gasteiger partial charge in [0.2, 0.25) is 5.91 Å². The van der Waals surface area contributed by atoms with Crippen LogP contribution in [0, 0.1) is 5.41 Å². The molecule has 0 unspecified atom stereocenters. The molecule has 96 valence electrons. The van der Waals surface area contributed by atoms with Crippen LogP contribution < -0.4 is 10.6 Å². The molecule has 0 saturated heterocycles. The molecular formula is C13H22N2OS. The van der Waals surface area contributed by atoms with Gasteiger partial charge in [0.15, 0.2) is 0 Å². The first kappa shape index (κ1) is 14.2. The minimum atomic E-state index is -0.0145. The number of rotatable bonds is 5. The first-order valence-electron chi connectivity index (χ1n) is 5.93. The molecule has 0 aromatic carbocycles. The highest BCUT2D eigenvalue weighted by Crippen LogP contribution is 2.22. The van der Waals surface area contributed by atoms with Crippen LogP contribution in [0.15, 0.2) is 11.4 Å². The van der Waals surface area contributed by atoms with Gasteiger partial charge in [0.05, 0.1) is 5.69 Å². The van der Waals surface area contributed by atoms with Crippen molar-refractivity contribution >= 4 is 22.9 Å². The van der Waals surface area contributed by atoms with Gasteiger partial charge in [-0.3, -0.25) is 4.79 Å². The molecule has 0 radical (unpaired) electrons. The van der Waals surface area contributed by atoms with E-state index >= 15 is 0 Å². The summed E-state index contributed by atoms with van der Waals surface area (Å²) in [7, 11) is 0. The predicted molar refractivity (Wildman–Crippen MR) is 74.4 cm³/mol. The number of carbonyl (C=O) groups is 1. The lowest BCUT2D eigenvalue weighted by molar-refractivity contribution is -0.114. The van der Waals surface area contributed by atoms with Crippen molar-refractivity contribution in [3.8, 4) is 0 Å². The number of hydrogen-bond donors (Lipinski definition) is 2. The number of nitrogens with one attached hydrogen (secondary N) is 2. The summed E-state index contributed by atoms with van der Waals surface area (Å²) in [5.41, 5.74) is 1.30. The topological polar surface area (TPSA) is 41.1 Å². The van der Waals surface area contributed by atoms with Gasteiger partial charge < -0.3 is 10.6 Å². The van der Waals surface area contributed by atoms with Crippen molar-refractivity contribution in [2.75, 3.05) is 11.9 Å². The predicted octanol–water partition coefficient (Wildman–Crippen LogP) is 3.23. The zero-order valence-corrected chi connectivity index (χ0v) is 11.9. The van der Waals surface area contributed by atoms with Crippen LogP contribution in [-0.2, 0) is 11.3 Å². The summed E-state index contributed by atoms with van der Waals surface area (Å²) in [6.45, 7) is 10.1. The van der Waals surface area contributed by atoms with E-state index in [4.69, 9.17) is 0 Å². The molecule has 0 saturated carbocycles. The molecule has 0 aliphatic carbocycles. The number of carbonyl (C=O) groups excluding carboxylic acids is 1. The second kappa shape index (κ2) is 6.17. The molecule has 1 aromatic heterocycles. The van der Waals surface area contributed by atoms with E-state index in [1.54, 1.807) is 11.3 Å². The van der Waals surface area contributed by atoms with Gasteiger partial charge in [0.1, 0.15) is 0 Å². The summed E-state index contributed by atoms with van der Waals surface area (Å²) in [4.78, 5) is 12.2. The van der Waals surface area contributed by atoms with Crippen LogP contribution in [0.1, 0.15) is 39.0 Å². The maximum Gasteiger partial charge on any atom is 0.221 e. The summed E-state index contributed by atoms with van der Waals surface area (Å²) in [6.07, 6.45) is 1.15. The van der Waals surface area contributed by atoms with E-state index in [2.05, 4.69) is 31.4 Å². The Balaban J connectivity index is 2.36. The maximum atomic E-state index is 11.0. The third-order valence-corrected chi connectivity index (χ3v) is 3.31. The lowest BCUT2D eigenvalue weighted by atomic mass is 9.92. The van der Waals surface area contributed by atoms with Crippen LogP contribution >= 0.6 is 11.3 Å². The minimum Gasteiger partial charge on any atom is -0.325 e. The highest BCUT2D eigenvalue weighted by atomic mass is 32.1. The van der Waals surface area contributed by atoms with Crippen LogP contribution in [0.5, 0.6) is 0 Å². The van der Waals surface area contributed by atoms with E-state index in [-0.39, 0.29) is 5.91 Å². The maximum absolute atomic E-state index is 11.0. The van der Waals surface area contributed by atoms with Gasteiger partial charge in [-0.2, -0.15) is 0 Å².